The third-order valence-corrected chi connectivity index (χ3v) is 16.7. The Bertz CT molecular complexity index is 4610. The maximum Gasteiger partial charge on any atom is 0.251 e. The van der Waals surface area contributed by atoms with Crippen molar-refractivity contribution in [2.45, 2.75) is 54.0 Å². The number of benzene rings is 3. The number of piperidine rings is 1. The number of piperazine rings is 2. The molecule has 3 saturated heterocycles. The molecule has 9 aromatic heterocycles. The lowest BCUT2D eigenvalue weighted by atomic mass is 10.1. The summed E-state index contributed by atoms with van der Waals surface area (Å²) in [6.45, 7) is 15.1. The number of anilines is 9. The molecule has 29 heteroatoms. The highest BCUT2D eigenvalue weighted by molar-refractivity contribution is 5.95. The number of carbonyl (C=O) groups excluding carboxylic acids is 3. The van der Waals surface area contributed by atoms with Gasteiger partial charge in [0.05, 0.1) is 35.3 Å². The Hall–Kier alpha value is -11.7. The van der Waals surface area contributed by atoms with Crippen molar-refractivity contribution in [1.29, 1.82) is 0 Å². The van der Waals surface area contributed by atoms with E-state index >= 15 is 0 Å². The lowest BCUT2D eigenvalue weighted by Crippen LogP contribution is -2.48. The van der Waals surface area contributed by atoms with E-state index in [1.807, 2.05) is 36.4 Å². The number of rotatable bonds is 16. The van der Waals surface area contributed by atoms with E-state index in [0.717, 1.165) is 82.5 Å². The van der Waals surface area contributed by atoms with Crippen LogP contribution in [-0.2, 0) is 0 Å². The first-order valence-electron chi connectivity index (χ1n) is 30.8. The fourth-order valence-corrected chi connectivity index (χ4v) is 11.4. The summed E-state index contributed by atoms with van der Waals surface area (Å²) in [6.07, 6.45) is 17.0. The number of nitrogens with two attached hydrogens (primary N) is 3. The van der Waals surface area contributed by atoms with Crippen LogP contribution in [0.3, 0.4) is 0 Å². The van der Waals surface area contributed by atoms with Crippen LogP contribution in [0.25, 0.3) is 51.3 Å². The molecule has 496 valence electrons. The van der Waals surface area contributed by atoms with Crippen LogP contribution in [0.5, 0.6) is 0 Å². The largest absolute Gasteiger partial charge is 0.462 e. The first-order chi connectivity index (χ1) is 45.8. The molecule has 96 heavy (non-hydrogen) atoms. The van der Waals surface area contributed by atoms with Gasteiger partial charge >= 0.3 is 0 Å². The highest BCUT2D eigenvalue weighted by atomic mass is 16.3. The van der Waals surface area contributed by atoms with Gasteiger partial charge in [-0.3, -0.25) is 19.3 Å². The Morgan fingerprint density at radius 1 is 0.427 bits per heavy atom. The first-order valence-corrected chi connectivity index (χ1v) is 30.8. The minimum atomic E-state index is -0.559. The van der Waals surface area contributed by atoms with Crippen molar-refractivity contribution in [3.63, 3.8) is 0 Å². The molecule has 9 N–H and O–H groups in total. The molecule has 0 bridgehead atoms. The molecule has 0 unspecified atom stereocenters. The van der Waals surface area contributed by atoms with Gasteiger partial charge in [0.2, 0.25) is 0 Å². The molecule has 15 rings (SSSR count). The smallest absolute Gasteiger partial charge is 0.251 e. The number of primary amides is 3. The van der Waals surface area contributed by atoms with Crippen molar-refractivity contribution >= 4 is 86.2 Å². The number of furan rings is 3. The summed E-state index contributed by atoms with van der Waals surface area (Å²) >= 11 is 0. The van der Waals surface area contributed by atoms with E-state index in [9.17, 15) is 14.4 Å². The van der Waals surface area contributed by atoms with Gasteiger partial charge in [-0.1, -0.05) is 14.9 Å². The van der Waals surface area contributed by atoms with Gasteiger partial charge in [-0.15, -0.1) is 0 Å². The van der Waals surface area contributed by atoms with Crippen molar-refractivity contribution in [2.24, 2.45) is 17.2 Å². The van der Waals surface area contributed by atoms with Gasteiger partial charge < -0.3 is 66.0 Å². The van der Waals surface area contributed by atoms with Crippen LogP contribution >= 0.6 is 0 Å². The van der Waals surface area contributed by atoms with Crippen LogP contribution in [0, 0.1) is 0 Å². The molecule has 0 radical (unpaired) electrons. The summed E-state index contributed by atoms with van der Waals surface area (Å²) in [5.74, 6) is 1.33. The van der Waals surface area contributed by atoms with Gasteiger partial charge in [-0.25, -0.2) is 43.5 Å². The standard InChI is InChI=1S/C23H26N8O2.C21H22N8O2.C21H21N7O2.2CH4/c1-15(2)29-7-9-30(10-8-29)18-5-3-17(4-6-18)28-22-23-26-14-27-31(23)19(12-25-22)20-11-16(13-33-20)21(24)32;1-27-6-8-28(9-7-27)16-4-2-15(3-5-16)26-20-21-24-13-25-29(21)17(11-23-20)18-10-14(12-31-18)19(22)30;22-19(29)14-10-18(30-12-14)17-11-23-20(21-24-13-25-28(17)21)26-15-4-6-16(7-5-15)27-8-2-1-3-9-27;;/h3-6,11-15H,7-10H2,1-2H3,(H2,24,32)(H,25,28);2-5,10-13H,6-9H2,1H3,(H2,22,30)(H,23,26);4-7,10-13H,1-3,8-9H2,(H2,22,29)(H,23,26);2*1H4. The molecule has 3 aliphatic heterocycles. The summed E-state index contributed by atoms with van der Waals surface area (Å²) in [7, 11) is 2.15. The van der Waals surface area contributed by atoms with E-state index in [4.69, 9.17) is 30.5 Å². The molecule has 12 aromatic rings. The van der Waals surface area contributed by atoms with Crippen molar-refractivity contribution in [1.82, 2.24) is 68.5 Å². The number of likely N-dealkylation sites (N-methyl/N-ethyl adjacent to an activating group) is 1. The van der Waals surface area contributed by atoms with E-state index in [2.05, 4.69) is 143 Å². The second-order valence-electron chi connectivity index (χ2n) is 23.1. The van der Waals surface area contributed by atoms with Gasteiger partial charge in [-0.2, -0.15) is 15.3 Å². The SMILES string of the molecule is C.C.CC(C)N1CCN(c2ccc(Nc3ncc(-c4cc(C(N)=O)co4)n4ncnc34)cc2)CC1.CN1CCN(c2ccc(Nc3ncc(-c4cc(C(N)=O)co4)n4ncnc34)cc2)CC1.NC(=O)c1coc(-c2cnc(Nc3ccc(N4CCCCC4)cc3)c3ncnn23)c1. The number of amides is 3. The fraction of sp³-hybridized carbons (Fsp3) is 0.284. The van der Waals surface area contributed by atoms with Crippen molar-refractivity contribution in [3.8, 4) is 34.4 Å². The van der Waals surface area contributed by atoms with Crippen LogP contribution < -0.4 is 47.9 Å². The van der Waals surface area contributed by atoms with Crippen LogP contribution in [0.2, 0.25) is 0 Å². The molecule has 3 aromatic carbocycles. The van der Waals surface area contributed by atoms with Gasteiger partial charge in [0.15, 0.2) is 51.7 Å². The second-order valence-corrected chi connectivity index (χ2v) is 23.1. The second kappa shape index (κ2) is 29.1. The van der Waals surface area contributed by atoms with E-state index < -0.39 is 17.7 Å². The number of carbonyl (C=O) groups is 3. The summed E-state index contributed by atoms with van der Waals surface area (Å²) in [6, 6.07) is 30.2. The van der Waals surface area contributed by atoms with Crippen LogP contribution in [0.15, 0.2) is 161 Å². The number of hydrogen-bond donors (Lipinski definition) is 6. The number of nitrogens with zero attached hydrogens (tertiary/aromatic N) is 17. The van der Waals surface area contributed by atoms with Gasteiger partial charge in [0.1, 0.15) is 54.9 Å². The maximum atomic E-state index is 11.4. The zero-order valence-electron chi connectivity index (χ0n) is 51.9. The zero-order chi connectivity index (χ0) is 64.8. The molecule has 29 nitrogen and oxygen atoms in total. The monoisotopic (exact) mass is 1300 g/mol. The van der Waals surface area contributed by atoms with E-state index in [1.165, 1.54) is 74.1 Å². The van der Waals surface area contributed by atoms with Gasteiger partial charge in [0, 0.05) is 106 Å². The minimum Gasteiger partial charge on any atom is -0.462 e. The van der Waals surface area contributed by atoms with Crippen molar-refractivity contribution < 1.29 is 27.6 Å². The average molecular weight is 1300 g/mol. The molecule has 0 saturated carbocycles. The zero-order valence-corrected chi connectivity index (χ0v) is 51.9. The summed E-state index contributed by atoms with van der Waals surface area (Å²) < 4.78 is 21.2. The number of hydrogen-bond acceptors (Lipinski definition) is 23. The highest BCUT2D eigenvalue weighted by Gasteiger charge is 2.23. The Morgan fingerprint density at radius 2 is 0.740 bits per heavy atom. The average Bonchev–Trinajstić information content (AvgIpc) is 1.56. The van der Waals surface area contributed by atoms with Crippen LogP contribution in [0.1, 0.15) is 79.0 Å². The van der Waals surface area contributed by atoms with E-state index in [1.54, 1.807) is 50.3 Å². The van der Waals surface area contributed by atoms with Gasteiger partial charge in [0.25, 0.3) is 17.7 Å². The lowest BCUT2D eigenvalue weighted by Gasteiger charge is -2.38. The molecule has 3 amide bonds. The number of aromatic nitrogens is 12. The predicted octanol–water partition coefficient (Wildman–Crippen LogP) is 9.23. The topological polar surface area (TPSA) is 350 Å². The third-order valence-electron chi connectivity index (χ3n) is 16.7. The Kier molecular flexibility index (Phi) is 19.9. The molecule has 3 aliphatic rings. The minimum absolute atomic E-state index is 0. The van der Waals surface area contributed by atoms with Crippen LogP contribution in [0.4, 0.5) is 51.6 Å². The summed E-state index contributed by atoms with van der Waals surface area (Å²) in [5.41, 5.74) is 26.5. The molecular formula is C67H77N23O6. The molecule has 0 aliphatic carbocycles. The van der Waals surface area contributed by atoms with Crippen molar-refractivity contribution in [2.75, 3.05) is 103 Å². The molecule has 0 atom stereocenters. The van der Waals surface area contributed by atoms with Crippen molar-refractivity contribution in [3.05, 3.63) is 164 Å². The third kappa shape index (κ3) is 14.4. The predicted molar refractivity (Wildman–Crippen MR) is 368 cm³/mol. The van der Waals surface area contributed by atoms with E-state index in [-0.39, 0.29) is 31.5 Å². The number of nitrogens with one attached hydrogen (secondary N) is 3. The lowest BCUT2D eigenvalue weighted by molar-refractivity contribution is 0.0991. The summed E-state index contributed by atoms with van der Waals surface area (Å²) in [4.78, 5) is 72.6. The van der Waals surface area contributed by atoms with Gasteiger partial charge in [-0.05, 0) is 131 Å². The quantitative estimate of drug-likeness (QED) is 0.0524. The summed E-state index contributed by atoms with van der Waals surface area (Å²) in [5, 5.41) is 22.8. The Morgan fingerprint density at radius 3 is 1.04 bits per heavy atom. The molecule has 12 heterocycles. The molecule has 0 spiro atoms. The number of fused-ring (bicyclic) bond motifs is 3. The highest BCUT2D eigenvalue weighted by Crippen LogP contribution is 2.32. The molecule has 3 fully saturated rings. The Balaban J connectivity index is 0.000000145. The van der Waals surface area contributed by atoms with Crippen LogP contribution in [-0.4, -0.2) is 165 Å². The maximum absolute atomic E-state index is 11.4. The first kappa shape index (κ1) is 65.8. The fourth-order valence-electron chi connectivity index (χ4n) is 11.4. The molecular weight excluding hydrogens is 1220 g/mol. The normalized spacial score (nSPS) is 14.3. The van der Waals surface area contributed by atoms with E-state index in [0.29, 0.717) is 74.8 Å². The Labute approximate surface area is 552 Å².